The molecule has 1 saturated heterocycles. The van der Waals surface area contributed by atoms with Crippen molar-refractivity contribution in [2.45, 2.75) is 26.4 Å². The summed E-state index contributed by atoms with van der Waals surface area (Å²) in [6.07, 6.45) is 2.15. The van der Waals surface area contributed by atoms with E-state index in [2.05, 4.69) is 15.5 Å². The molecular formula is C21H23ClN4O3. The molecule has 3 aromatic rings. The number of morpholine rings is 1. The highest BCUT2D eigenvalue weighted by atomic mass is 35.5. The van der Waals surface area contributed by atoms with Gasteiger partial charge in [-0.15, -0.1) is 0 Å². The lowest BCUT2D eigenvalue weighted by molar-refractivity contribution is -0.0241. The van der Waals surface area contributed by atoms with Gasteiger partial charge in [0.2, 0.25) is 0 Å². The molecule has 4 rings (SSSR count). The predicted octanol–water partition coefficient (Wildman–Crippen LogP) is 3.68. The molecular weight excluding hydrogens is 392 g/mol. The Balaban J connectivity index is 1.75. The molecule has 1 fully saturated rings. The van der Waals surface area contributed by atoms with Crippen molar-refractivity contribution in [3.8, 4) is 11.3 Å². The predicted molar refractivity (Wildman–Crippen MR) is 110 cm³/mol. The van der Waals surface area contributed by atoms with Crippen molar-refractivity contribution in [3.63, 3.8) is 0 Å². The number of pyridine rings is 2. The second-order valence-corrected chi connectivity index (χ2v) is 7.61. The second kappa shape index (κ2) is 8.00. The number of methoxy groups -OCH3 is 1. The molecule has 0 bridgehead atoms. The molecule has 4 heterocycles. The lowest BCUT2D eigenvalue weighted by Gasteiger charge is -2.32. The van der Waals surface area contributed by atoms with Crippen molar-refractivity contribution in [2.24, 2.45) is 0 Å². The zero-order chi connectivity index (χ0) is 20.5. The minimum atomic E-state index is -0.329. The fraction of sp³-hybridized carbons (Fsp3) is 0.381. The van der Waals surface area contributed by atoms with Gasteiger partial charge in [0, 0.05) is 30.4 Å². The van der Waals surface area contributed by atoms with Gasteiger partial charge >= 0.3 is 6.09 Å². The zero-order valence-electron chi connectivity index (χ0n) is 16.7. The fourth-order valence-electron chi connectivity index (χ4n) is 3.74. The maximum atomic E-state index is 11.9. The number of imidazole rings is 1. The summed E-state index contributed by atoms with van der Waals surface area (Å²) in [5.74, 6) is 0. The minimum absolute atomic E-state index is 0.150. The molecule has 1 aliphatic rings. The highest BCUT2D eigenvalue weighted by Crippen LogP contribution is 2.29. The summed E-state index contributed by atoms with van der Waals surface area (Å²) in [5, 5.41) is 0.455. The SMILES string of the molecule is COC(=O)N1CCO[C@@H](Cc2c(-c3ccc(Cl)nc3C)nc3cc(C)ccn23)C1. The Bertz CT molecular complexity index is 1070. The van der Waals surface area contributed by atoms with Gasteiger partial charge in [-0.25, -0.2) is 14.8 Å². The third kappa shape index (κ3) is 3.93. The van der Waals surface area contributed by atoms with Crippen LogP contribution in [0.1, 0.15) is 17.0 Å². The number of ether oxygens (including phenoxy) is 2. The van der Waals surface area contributed by atoms with Crippen molar-refractivity contribution in [2.75, 3.05) is 26.8 Å². The topological polar surface area (TPSA) is 69.0 Å². The molecule has 0 radical (unpaired) electrons. The number of nitrogens with zero attached hydrogens (tertiary/aromatic N) is 4. The fourth-order valence-corrected chi connectivity index (χ4v) is 3.93. The maximum Gasteiger partial charge on any atom is 0.409 e. The van der Waals surface area contributed by atoms with E-state index in [1.807, 2.05) is 32.2 Å². The first-order valence-electron chi connectivity index (χ1n) is 9.52. The van der Waals surface area contributed by atoms with Crippen LogP contribution in [0, 0.1) is 13.8 Å². The van der Waals surface area contributed by atoms with E-state index in [1.165, 1.54) is 7.11 Å². The molecule has 0 spiro atoms. The molecule has 8 heteroatoms. The number of rotatable bonds is 3. The summed E-state index contributed by atoms with van der Waals surface area (Å²) in [6, 6.07) is 7.83. The largest absolute Gasteiger partial charge is 0.453 e. The van der Waals surface area contributed by atoms with E-state index in [0.717, 1.165) is 33.9 Å². The summed E-state index contributed by atoms with van der Waals surface area (Å²) in [5.41, 5.74) is 5.63. The number of halogens is 1. The van der Waals surface area contributed by atoms with Crippen LogP contribution >= 0.6 is 11.6 Å². The van der Waals surface area contributed by atoms with Gasteiger partial charge < -0.3 is 18.8 Å². The van der Waals surface area contributed by atoms with Crippen LogP contribution in [0.3, 0.4) is 0 Å². The molecule has 0 unspecified atom stereocenters. The van der Waals surface area contributed by atoms with Crippen LogP contribution in [-0.2, 0) is 15.9 Å². The number of fused-ring (bicyclic) bond motifs is 1. The van der Waals surface area contributed by atoms with E-state index in [0.29, 0.717) is 31.3 Å². The second-order valence-electron chi connectivity index (χ2n) is 7.22. The average molecular weight is 415 g/mol. The van der Waals surface area contributed by atoms with Crippen molar-refractivity contribution in [1.29, 1.82) is 0 Å². The number of carbonyl (C=O) groups excluding carboxylic acids is 1. The molecule has 1 aliphatic heterocycles. The van der Waals surface area contributed by atoms with Gasteiger partial charge in [-0.3, -0.25) is 0 Å². The van der Waals surface area contributed by atoms with E-state index in [1.54, 1.807) is 11.0 Å². The van der Waals surface area contributed by atoms with Crippen molar-refractivity contribution >= 4 is 23.3 Å². The van der Waals surface area contributed by atoms with Gasteiger partial charge in [0.15, 0.2) is 0 Å². The normalized spacial score (nSPS) is 17.0. The van der Waals surface area contributed by atoms with Crippen LogP contribution in [0.2, 0.25) is 5.15 Å². The summed E-state index contributed by atoms with van der Waals surface area (Å²) in [4.78, 5) is 22.9. The van der Waals surface area contributed by atoms with Crippen molar-refractivity contribution < 1.29 is 14.3 Å². The summed E-state index contributed by atoms with van der Waals surface area (Å²) in [6.45, 7) is 5.45. The molecule has 1 amide bonds. The van der Waals surface area contributed by atoms with E-state index < -0.39 is 0 Å². The van der Waals surface area contributed by atoms with E-state index in [4.69, 9.17) is 26.1 Å². The van der Waals surface area contributed by atoms with Crippen molar-refractivity contribution in [1.82, 2.24) is 19.3 Å². The van der Waals surface area contributed by atoms with Crippen LogP contribution in [-0.4, -0.2) is 58.3 Å². The lowest BCUT2D eigenvalue weighted by Crippen LogP contribution is -2.46. The Morgan fingerprint density at radius 3 is 2.90 bits per heavy atom. The Morgan fingerprint density at radius 2 is 2.14 bits per heavy atom. The Morgan fingerprint density at radius 1 is 1.31 bits per heavy atom. The van der Waals surface area contributed by atoms with Gasteiger partial charge in [-0.1, -0.05) is 11.6 Å². The van der Waals surface area contributed by atoms with Crippen LogP contribution in [0.25, 0.3) is 16.9 Å². The first kappa shape index (κ1) is 19.7. The third-order valence-electron chi connectivity index (χ3n) is 5.18. The van der Waals surface area contributed by atoms with Gasteiger partial charge in [-0.2, -0.15) is 0 Å². The first-order chi connectivity index (χ1) is 14.0. The van der Waals surface area contributed by atoms with E-state index >= 15 is 0 Å². The van der Waals surface area contributed by atoms with Crippen LogP contribution in [0.5, 0.6) is 0 Å². The number of aryl methyl sites for hydroxylation is 2. The highest BCUT2D eigenvalue weighted by Gasteiger charge is 2.27. The number of hydrogen-bond donors (Lipinski definition) is 0. The zero-order valence-corrected chi connectivity index (χ0v) is 17.4. The molecule has 7 nitrogen and oxygen atoms in total. The molecule has 152 valence electrons. The van der Waals surface area contributed by atoms with Crippen LogP contribution in [0.15, 0.2) is 30.5 Å². The monoisotopic (exact) mass is 414 g/mol. The first-order valence-corrected chi connectivity index (χ1v) is 9.89. The van der Waals surface area contributed by atoms with Gasteiger partial charge in [0.1, 0.15) is 10.8 Å². The summed E-state index contributed by atoms with van der Waals surface area (Å²) >= 11 is 6.05. The number of amides is 1. The number of hydrogen-bond acceptors (Lipinski definition) is 5. The Hall–Kier alpha value is -2.64. The molecule has 1 atom stereocenters. The summed E-state index contributed by atoms with van der Waals surface area (Å²) < 4.78 is 12.9. The third-order valence-corrected chi connectivity index (χ3v) is 5.39. The minimum Gasteiger partial charge on any atom is -0.453 e. The van der Waals surface area contributed by atoms with Gasteiger partial charge in [0.25, 0.3) is 0 Å². The molecule has 0 N–H and O–H groups in total. The number of carbonyl (C=O) groups is 1. The lowest BCUT2D eigenvalue weighted by atomic mass is 10.0. The molecule has 0 aliphatic carbocycles. The van der Waals surface area contributed by atoms with Crippen LogP contribution in [0.4, 0.5) is 4.79 Å². The average Bonchev–Trinajstić information content (AvgIpc) is 3.04. The maximum absolute atomic E-state index is 11.9. The van der Waals surface area contributed by atoms with Crippen LogP contribution < -0.4 is 0 Å². The van der Waals surface area contributed by atoms with Crippen molar-refractivity contribution in [3.05, 3.63) is 52.6 Å². The van der Waals surface area contributed by atoms with Gasteiger partial charge in [0.05, 0.1) is 37.8 Å². The highest BCUT2D eigenvalue weighted by molar-refractivity contribution is 6.29. The molecule has 3 aromatic heterocycles. The Labute approximate surface area is 174 Å². The van der Waals surface area contributed by atoms with E-state index in [-0.39, 0.29) is 12.2 Å². The number of aromatic nitrogens is 3. The quantitative estimate of drug-likeness (QED) is 0.611. The Kier molecular flexibility index (Phi) is 5.43. The van der Waals surface area contributed by atoms with E-state index in [9.17, 15) is 4.79 Å². The summed E-state index contributed by atoms with van der Waals surface area (Å²) in [7, 11) is 1.40. The molecule has 0 saturated carbocycles. The standard InChI is InChI=1S/C21H23ClN4O3/c1-13-6-7-26-17(11-15-12-25(8-9-29-15)21(27)28-3)20(24-19(26)10-13)16-4-5-18(22)23-14(16)2/h4-7,10,15H,8-9,11-12H2,1-3H3/t15-/m0/s1. The smallest absolute Gasteiger partial charge is 0.409 e. The molecule has 0 aromatic carbocycles. The molecule has 29 heavy (non-hydrogen) atoms. The van der Waals surface area contributed by atoms with Gasteiger partial charge in [-0.05, 0) is 43.7 Å².